The predicted octanol–water partition coefficient (Wildman–Crippen LogP) is 9.13. The van der Waals surface area contributed by atoms with E-state index in [4.69, 9.17) is 9.47 Å². The Hall–Kier alpha value is -1.06. The second-order valence-corrected chi connectivity index (χ2v) is 23.6. The smallest absolute Gasteiger partial charge is 0.210 e. The molecule has 0 amide bonds. The van der Waals surface area contributed by atoms with Crippen molar-refractivity contribution >= 4 is 39.5 Å². The average Bonchev–Trinajstić information content (AvgIpc) is 3.48. The zero-order chi connectivity index (χ0) is 29.9. The van der Waals surface area contributed by atoms with E-state index in [1.165, 1.54) is 48.6 Å². The monoisotopic (exact) mass is 619 g/mol. The van der Waals surface area contributed by atoms with Crippen LogP contribution in [0.2, 0.25) is 25.7 Å². The van der Waals surface area contributed by atoms with Gasteiger partial charge in [-0.2, -0.15) is 0 Å². The summed E-state index contributed by atoms with van der Waals surface area (Å²) in [7, 11) is -4.50. The molecular formula is C33H53NO4S2Si. The summed E-state index contributed by atoms with van der Waals surface area (Å²) < 4.78 is 39.5. The van der Waals surface area contributed by atoms with Gasteiger partial charge in [0.15, 0.2) is 0 Å². The fraction of sp³-hybridized carbons (Fsp3) is 0.727. The summed E-state index contributed by atoms with van der Waals surface area (Å²) in [5, 5.41) is 0. The quantitative estimate of drug-likeness (QED) is 0.0913. The zero-order valence-electron chi connectivity index (χ0n) is 26.5. The number of benzene rings is 1. The fourth-order valence-corrected chi connectivity index (χ4v) is 10.5. The molecule has 0 N–H and O–H groups in total. The molecule has 0 bridgehead atoms. The second kappa shape index (κ2) is 13.3. The Kier molecular flexibility index (Phi) is 10.6. The Morgan fingerprint density at radius 2 is 1.98 bits per heavy atom. The molecule has 2 aliphatic rings. The van der Waals surface area contributed by atoms with Crippen LogP contribution in [-0.4, -0.2) is 46.2 Å². The van der Waals surface area contributed by atoms with Gasteiger partial charge in [0.25, 0.3) is 0 Å². The standard InChI is InChI=1S/C33H53NO4S2Si/c1-25(12-10-19-32(2,3)38-24-37-21-23-41(5,6)7)27-16-17-28-26(13-11-20-33(27,28)4)18-22-40(35,36)31-34-29-14-8-9-15-30(29)39-31/h8-9,14-15,18,25,27-28H,10-13,16-17,19-24H2,1-7H3/t25-,27?,28?,33-/m1/s1. The first-order chi connectivity index (χ1) is 19.2. The molecule has 0 aliphatic heterocycles. The van der Waals surface area contributed by atoms with Gasteiger partial charge in [-0.1, -0.05) is 70.1 Å². The molecular weight excluding hydrogens is 567 g/mol. The van der Waals surface area contributed by atoms with Crippen molar-refractivity contribution in [3.8, 4) is 0 Å². The molecule has 0 spiro atoms. The van der Waals surface area contributed by atoms with Gasteiger partial charge in [0.2, 0.25) is 14.2 Å². The first-order valence-electron chi connectivity index (χ1n) is 15.7. The maximum Gasteiger partial charge on any atom is 0.210 e. The number of thiazole rings is 1. The molecule has 41 heavy (non-hydrogen) atoms. The van der Waals surface area contributed by atoms with Gasteiger partial charge in [0, 0.05) is 14.7 Å². The highest BCUT2D eigenvalue weighted by Gasteiger charge is 2.50. The summed E-state index contributed by atoms with van der Waals surface area (Å²) in [5.74, 6) is 1.90. The van der Waals surface area contributed by atoms with Crippen molar-refractivity contribution < 1.29 is 17.9 Å². The molecule has 2 fully saturated rings. The molecule has 0 radical (unpaired) electrons. The predicted molar refractivity (Wildman–Crippen MR) is 175 cm³/mol. The molecule has 1 heterocycles. The minimum absolute atomic E-state index is 0.0614. The molecule has 8 heteroatoms. The third-order valence-electron chi connectivity index (χ3n) is 9.80. The minimum Gasteiger partial charge on any atom is -0.356 e. The molecule has 1 aromatic carbocycles. The molecule has 5 nitrogen and oxygen atoms in total. The Morgan fingerprint density at radius 3 is 2.71 bits per heavy atom. The van der Waals surface area contributed by atoms with Crippen LogP contribution in [0.15, 0.2) is 40.3 Å². The molecule has 2 aromatic rings. The average molecular weight is 620 g/mol. The van der Waals surface area contributed by atoms with E-state index in [2.05, 4.69) is 58.4 Å². The van der Waals surface area contributed by atoms with Gasteiger partial charge >= 0.3 is 0 Å². The topological polar surface area (TPSA) is 65.5 Å². The van der Waals surface area contributed by atoms with Gasteiger partial charge in [0.05, 0.1) is 21.6 Å². The number of rotatable bonds is 14. The van der Waals surface area contributed by atoms with Crippen LogP contribution in [0.3, 0.4) is 0 Å². The number of fused-ring (bicyclic) bond motifs is 2. The van der Waals surface area contributed by atoms with E-state index in [1.54, 1.807) is 0 Å². The molecule has 1 aromatic heterocycles. The van der Waals surface area contributed by atoms with Crippen molar-refractivity contribution in [1.29, 1.82) is 0 Å². The molecule has 2 aliphatic carbocycles. The Bertz CT molecular complexity index is 1260. The highest BCUT2D eigenvalue weighted by atomic mass is 32.2. The van der Waals surface area contributed by atoms with Crippen LogP contribution in [0.1, 0.15) is 79.1 Å². The van der Waals surface area contributed by atoms with Crippen molar-refractivity contribution in [3.63, 3.8) is 0 Å². The highest BCUT2D eigenvalue weighted by Crippen LogP contribution is 2.60. The summed E-state index contributed by atoms with van der Waals surface area (Å²) in [4.78, 5) is 4.43. The lowest BCUT2D eigenvalue weighted by Gasteiger charge is -2.44. The third-order valence-corrected chi connectivity index (χ3v) is 14.6. The van der Waals surface area contributed by atoms with E-state index in [1.807, 2.05) is 24.3 Å². The van der Waals surface area contributed by atoms with Crippen molar-refractivity contribution in [2.75, 3.05) is 19.2 Å². The lowest BCUT2D eigenvalue weighted by atomic mass is 9.61. The first kappa shape index (κ1) is 32.8. The number of nitrogens with zero attached hydrogens (tertiary/aromatic N) is 1. The first-order valence-corrected chi connectivity index (χ1v) is 21.9. The van der Waals surface area contributed by atoms with E-state index in [0.717, 1.165) is 42.5 Å². The maximum atomic E-state index is 13.2. The van der Waals surface area contributed by atoms with Crippen LogP contribution in [0.4, 0.5) is 0 Å². The summed E-state index contributed by atoms with van der Waals surface area (Å²) in [6.45, 7) is 17.6. The second-order valence-electron chi connectivity index (χ2n) is 14.7. The van der Waals surface area contributed by atoms with Crippen molar-refractivity contribution in [2.45, 2.75) is 115 Å². The van der Waals surface area contributed by atoms with E-state index in [0.29, 0.717) is 24.5 Å². The van der Waals surface area contributed by atoms with E-state index in [9.17, 15) is 8.42 Å². The summed E-state index contributed by atoms with van der Waals surface area (Å²) in [6.07, 6.45) is 11.3. The molecule has 230 valence electrons. The number of allylic oxidation sites excluding steroid dienone is 1. The summed E-state index contributed by atoms with van der Waals surface area (Å²) in [6, 6.07) is 8.83. The lowest BCUT2D eigenvalue weighted by Crippen LogP contribution is -2.36. The SMILES string of the molecule is C[C@H](CCCC(C)(C)OCOCC[Si](C)(C)C)C1CCC2C(=CCS(=O)(=O)c3nc4ccccc4s3)CCC[C@@]21C. The normalized spacial score (nSPS) is 25.6. The van der Waals surface area contributed by atoms with Gasteiger partial charge < -0.3 is 9.47 Å². The Labute approximate surface area is 254 Å². The number of ether oxygens (including phenoxy) is 2. The van der Waals surface area contributed by atoms with Gasteiger partial charge in [-0.3, -0.25) is 0 Å². The van der Waals surface area contributed by atoms with Crippen LogP contribution < -0.4 is 0 Å². The number of para-hydroxylation sites is 1. The van der Waals surface area contributed by atoms with Crippen molar-refractivity contribution in [2.24, 2.45) is 23.2 Å². The minimum atomic E-state index is -3.43. The van der Waals surface area contributed by atoms with Gasteiger partial charge in [-0.25, -0.2) is 13.4 Å². The van der Waals surface area contributed by atoms with Crippen molar-refractivity contribution in [1.82, 2.24) is 4.98 Å². The van der Waals surface area contributed by atoms with Crippen LogP contribution >= 0.6 is 11.3 Å². The zero-order valence-corrected chi connectivity index (χ0v) is 29.1. The van der Waals surface area contributed by atoms with E-state index >= 15 is 0 Å². The lowest BCUT2D eigenvalue weighted by molar-refractivity contribution is -0.128. The van der Waals surface area contributed by atoms with E-state index < -0.39 is 17.9 Å². The maximum absolute atomic E-state index is 13.2. The van der Waals surface area contributed by atoms with Crippen LogP contribution in [0.25, 0.3) is 10.2 Å². The van der Waals surface area contributed by atoms with Gasteiger partial charge in [-0.05, 0) is 93.7 Å². The van der Waals surface area contributed by atoms with Crippen LogP contribution in [0.5, 0.6) is 0 Å². The third kappa shape index (κ3) is 8.53. The number of sulfone groups is 1. The van der Waals surface area contributed by atoms with E-state index in [-0.39, 0.29) is 21.1 Å². The van der Waals surface area contributed by atoms with Crippen LogP contribution in [-0.2, 0) is 19.3 Å². The number of hydrogen-bond donors (Lipinski definition) is 0. The summed E-state index contributed by atoms with van der Waals surface area (Å²) >= 11 is 1.29. The molecule has 4 atom stereocenters. The largest absolute Gasteiger partial charge is 0.356 e. The Balaban J connectivity index is 1.29. The molecule has 4 rings (SSSR count). The molecule has 2 saturated carbocycles. The molecule has 2 unspecified atom stereocenters. The number of hydrogen-bond acceptors (Lipinski definition) is 6. The highest BCUT2D eigenvalue weighted by molar-refractivity contribution is 7.93. The van der Waals surface area contributed by atoms with Crippen molar-refractivity contribution in [3.05, 3.63) is 35.9 Å². The molecule has 0 saturated heterocycles. The fourth-order valence-electron chi connectivity index (χ4n) is 7.29. The summed E-state index contributed by atoms with van der Waals surface area (Å²) in [5.41, 5.74) is 2.24. The van der Waals surface area contributed by atoms with Gasteiger partial charge in [0.1, 0.15) is 6.79 Å². The van der Waals surface area contributed by atoms with Crippen LogP contribution in [0, 0.1) is 23.2 Å². The Morgan fingerprint density at radius 1 is 1.22 bits per heavy atom. The number of aromatic nitrogens is 1. The van der Waals surface area contributed by atoms with Gasteiger partial charge in [-0.15, -0.1) is 11.3 Å².